The van der Waals surface area contributed by atoms with E-state index >= 15 is 0 Å². The lowest BCUT2D eigenvalue weighted by Gasteiger charge is -2.23. The van der Waals surface area contributed by atoms with Crippen molar-refractivity contribution >= 4 is 0 Å². The zero-order valence-corrected chi connectivity index (χ0v) is 10.7. The Hall–Kier alpha value is -1.07. The fraction of sp³-hybridized carbons (Fsp3) is 0.538. The molecule has 0 saturated heterocycles. The highest BCUT2D eigenvalue weighted by atomic mass is 19.4. The number of hydrogen-bond donors (Lipinski definition) is 1. The van der Waals surface area contributed by atoms with Gasteiger partial charge in [-0.25, -0.2) is 0 Å². The van der Waals surface area contributed by atoms with Gasteiger partial charge in [-0.15, -0.1) is 0 Å². The van der Waals surface area contributed by atoms with Gasteiger partial charge in [0.15, 0.2) is 6.10 Å². The molecule has 0 saturated carbocycles. The predicted octanol–water partition coefficient (Wildman–Crippen LogP) is 3.09. The molecule has 0 aromatic heterocycles. The van der Waals surface area contributed by atoms with Crippen LogP contribution in [0.15, 0.2) is 24.3 Å². The minimum Gasteiger partial charge on any atom is -0.367 e. The largest absolute Gasteiger partial charge is 0.418 e. The van der Waals surface area contributed by atoms with Crippen molar-refractivity contribution in [3.05, 3.63) is 35.4 Å². The average molecular weight is 261 g/mol. The van der Waals surface area contributed by atoms with Gasteiger partial charge in [0.1, 0.15) is 0 Å². The number of nitrogens with one attached hydrogen (secondary N) is 1. The molecule has 0 heterocycles. The standard InChI is InChI=1S/C13H18F3NO/c1-9(17-2)8-10-6-4-5-7-11(10)12(18-3)13(14,15)16/h4-7,9,12,17H,8H2,1-3H3. The van der Waals surface area contributed by atoms with E-state index in [2.05, 4.69) is 10.1 Å². The quantitative estimate of drug-likeness (QED) is 0.879. The van der Waals surface area contributed by atoms with Crippen molar-refractivity contribution in [2.24, 2.45) is 0 Å². The third kappa shape index (κ3) is 3.71. The summed E-state index contributed by atoms with van der Waals surface area (Å²) in [7, 11) is 2.86. The van der Waals surface area contributed by atoms with Crippen molar-refractivity contribution in [3.63, 3.8) is 0 Å². The molecule has 1 rings (SSSR count). The van der Waals surface area contributed by atoms with Crippen molar-refractivity contribution in [2.45, 2.75) is 31.7 Å². The van der Waals surface area contributed by atoms with Gasteiger partial charge in [0, 0.05) is 13.2 Å². The monoisotopic (exact) mass is 261 g/mol. The van der Waals surface area contributed by atoms with E-state index in [1.54, 1.807) is 25.2 Å². The summed E-state index contributed by atoms with van der Waals surface area (Å²) in [5.41, 5.74) is 0.845. The van der Waals surface area contributed by atoms with Crippen LogP contribution in [0, 0.1) is 0 Å². The molecule has 18 heavy (non-hydrogen) atoms. The Morgan fingerprint density at radius 2 is 1.89 bits per heavy atom. The summed E-state index contributed by atoms with van der Waals surface area (Å²) < 4.78 is 43.2. The fourth-order valence-corrected chi connectivity index (χ4v) is 1.84. The molecule has 1 aromatic carbocycles. The van der Waals surface area contributed by atoms with Gasteiger partial charge in [0.25, 0.3) is 0 Å². The Kier molecular flexibility index (Phi) is 5.16. The lowest BCUT2D eigenvalue weighted by molar-refractivity contribution is -0.216. The Labute approximate surface area is 105 Å². The lowest BCUT2D eigenvalue weighted by atomic mass is 9.97. The molecule has 0 fully saturated rings. The van der Waals surface area contributed by atoms with Gasteiger partial charge in [0.2, 0.25) is 0 Å². The van der Waals surface area contributed by atoms with Crippen molar-refractivity contribution in [1.29, 1.82) is 0 Å². The van der Waals surface area contributed by atoms with E-state index in [1.807, 2.05) is 6.92 Å². The maximum Gasteiger partial charge on any atom is 0.418 e. The third-order valence-electron chi connectivity index (χ3n) is 2.89. The third-order valence-corrected chi connectivity index (χ3v) is 2.89. The van der Waals surface area contributed by atoms with Crippen LogP contribution in [0.1, 0.15) is 24.2 Å². The van der Waals surface area contributed by atoms with Crippen molar-refractivity contribution in [3.8, 4) is 0 Å². The Morgan fingerprint density at radius 1 is 1.28 bits per heavy atom. The van der Waals surface area contributed by atoms with Crippen molar-refractivity contribution < 1.29 is 17.9 Å². The highest BCUT2D eigenvalue weighted by Crippen LogP contribution is 2.37. The minimum atomic E-state index is -4.40. The number of alkyl halides is 3. The number of ether oxygens (including phenoxy) is 1. The second-order valence-electron chi connectivity index (χ2n) is 4.25. The van der Waals surface area contributed by atoms with Crippen LogP contribution in [0.3, 0.4) is 0 Å². The SMILES string of the molecule is CNC(C)Cc1ccccc1C(OC)C(F)(F)F. The van der Waals surface area contributed by atoms with Gasteiger partial charge < -0.3 is 10.1 Å². The van der Waals surface area contributed by atoms with Gasteiger partial charge in [-0.3, -0.25) is 0 Å². The summed E-state index contributed by atoms with van der Waals surface area (Å²) in [6.45, 7) is 1.92. The molecule has 0 aliphatic rings. The molecule has 0 aliphatic carbocycles. The summed E-state index contributed by atoms with van der Waals surface area (Å²) in [4.78, 5) is 0. The first-order chi connectivity index (χ1) is 8.40. The number of benzene rings is 1. The maximum absolute atomic E-state index is 12.9. The number of halogens is 3. The number of rotatable bonds is 5. The van der Waals surface area contributed by atoms with Crippen LogP contribution in [0.25, 0.3) is 0 Å². The first-order valence-corrected chi connectivity index (χ1v) is 5.74. The summed E-state index contributed by atoms with van der Waals surface area (Å²) in [5.74, 6) is 0. The second-order valence-corrected chi connectivity index (χ2v) is 4.25. The molecule has 0 aliphatic heterocycles. The van der Waals surface area contributed by atoms with Crippen molar-refractivity contribution in [1.82, 2.24) is 5.32 Å². The molecule has 2 nitrogen and oxygen atoms in total. The highest BCUT2D eigenvalue weighted by molar-refractivity contribution is 5.31. The molecule has 2 atom stereocenters. The lowest BCUT2D eigenvalue weighted by Crippen LogP contribution is -2.27. The van der Waals surface area contributed by atoms with Gasteiger partial charge in [-0.05, 0) is 31.5 Å². The first-order valence-electron chi connectivity index (χ1n) is 5.74. The van der Waals surface area contributed by atoms with Crippen LogP contribution in [-0.4, -0.2) is 26.4 Å². The van der Waals surface area contributed by atoms with Crippen LogP contribution >= 0.6 is 0 Å². The molecule has 1 aromatic rings. The molecule has 0 spiro atoms. The molecule has 0 radical (unpaired) electrons. The molecule has 0 bridgehead atoms. The summed E-state index contributed by atoms with van der Waals surface area (Å²) >= 11 is 0. The van der Waals surface area contributed by atoms with Gasteiger partial charge >= 0.3 is 6.18 Å². The Balaban J connectivity index is 3.07. The van der Waals surface area contributed by atoms with Crippen LogP contribution < -0.4 is 5.32 Å². The molecule has 2 unspecified atom stereocenters. The predicted molar refractivity (Wildman–Crippen MR) is 64.5 cm³/mol. The fourth-order valence-electron chi connectivity index (χ4n) is 1.84. The molecule has 1 N–H and O–H groups in total. The van der Waals surface area contributed by atoms with Gasteiger partial charge in [-0.1, -0.05) is 24.3 Å². The zero-order valence-electron chi connectivity index (χ0n) is 10.7. The van der Waals surface area contributed by atoms with Gasteiger partial charge in [-0.2, -0.15) is 13.2 Å². The molecule has 5 heteroatoms. The summed E-state index contributed by atoms with van der Waals surface area (Å²) in [5, 5.41) is 3.01. The van der Waals surface area contributed by atoms with E-state index in [0.29, 0.717) is 12.0 Å². The smallest absolute Gasteiger partial charge is 0.367 e. The highest BCUT2D eigenvalue weighted by Gasteiger charge is 2.42. The minimum absolute atomic E-state index is 0.108. The molecule has 102 valence electrons. The summed E-state index contributed by atoms with van der Waals surface area (Å²) in [6, 6.07) is 6.63. The van der Waals surface area contributed by atoms with E-state index in [0.717, 1.165) is 7.11 Å². The average Bonchev–Trinajstić information content (AvgIpc) is 2.30. The molecular formula is C13H18F3NO. The van der Waals surface area contributed by atoms with Crippen molar-refractivity contribution in [2.75, 3.05) is 14.2 Å². The van der Waals surface area contributed by atoms with Crippen LogP contribution in [0.4, 0.5) is 13.2 Å². The topological polar surface area (TPSA) is 21.3 Å². The van der Waals surface area contributed by atoms with E-state index in [4.69, 9.17) is 0 Å². The van der Waals surface area contributed by atoms with E-state index in [1.165, 1.54) is 6.07 Å². The van der Waals surface area contributed by atoms with E-state index < -0.39 is 12.3 Å². The van der Waals surface area contributed by atoms with Crippen LogP contribution in [0.2, 0.25) is 0 Å². The second kappa shape index (κ2) is 6.20. The normalized spacial score (nSPS) is 15.4. The van der Waals surface area contributed by atoms with Gasteiger partial charge in [0.05, 0.1) is 0 Å². The Morgan fingerprint density at radius 3 is 2.39 bits per heavy atom. The molecule has 0 amide bonds. The van der Waals surface area contributed by atoms with E-state index in [-0.39, 0.29) is 11.6 Å². The number of methoxy groups -OCH3 is 1. The number of hydrogen-bond acceptors (Lipinski definition) is 2. The molecular weight excluding hydrogens is 243 g/mol. The maximum atomic E-state index is 12.9. The Bertz CT molecular complexity index is 379. The number of likely N-dealkylation sites (N-methyl/N-ethyl adjacent to an activating group) is 1. The van der Waals surface area contributed by atoms with Crippen LogP contribution in [0.5, 0.6) is 0 Å². The van der Waals surface area contributed by atoms with E-state index in [9.17, 15) is 13.2 Å². The zero-order chi connectivity index (χ0) is 13.8. The first kappa shape index (κ1) is 15.0. The summed E-state index contributed by atoms with van der Waals surface area (Å²) in [6.07, 6.45) is -5.73. The van der Waals surface area contributed by atoms with Crippen LogP contribution in [-0.2, 0) is 11.2 Å².